The van der Waals surface area contributed by atoms with Crippen molar-refractivity contribution < 1.29 is 19.1 Å². The molecule has 5 heterocycles. The molecule has 0 spiro atoms. The van der Waals surface area contributed by atoms with Crippen molar-refractivity contribution in [3.05, 3.63) is 53.2 Å². The number of thiophene rings is 1. The average Bonchev–Trinajstić information content (AvgIpc) is 3.62. The summed E-state index contributed by atoms with van der Waals surface area (Å²) in [5, 5.41) is 11.1. The molecule has 2 N–H and O–H groups in total. The van der Waals surface area contributed by atoms with E-state index in [4.69, 9.17) is 9.84 Å². The standard InChI is InChI=1S/C28H29N5O4S/c1-28(2,3)37-27(36)32-11-8-16(9-12-32)15-33-20-7-5-4-6-18(20)23(31-33)22-21(24(34)30-25(22)35)19-14-29-26-17(19)10-13-38-26/h4-7,10,13-14,16,29H,8-9,11-12,15H2,1-3H3,(H,30,34,35). The van der Waals surface area contributed by atoms with E-state index in [9.17, 15) is 14.4 Å². The van der Waals surface area contributed by atoms with E-state index in [0.717, 1.165) is 34.0 Å². The molecule has 0 saturated carbocycles. The van der Waals surface area contributed by atoms with Gasteiger partial charge < -0.3 is 14.6 Å². The Morgan fingerprint density at radius 3 is 2.58 bits per heavy atom. The van der Waals surface area contributed by atoms with Gasteiger partial charge in [-0.3, -0.25) is 19.6 Å². The molecular weight excluding hydrogens is 502 g/mol. The molecule has 3 amide bonds. The number of carbonyl (C=O) groups is 3. The van der Waals surface area contributed by atoms with Crippen molar-refractivity contribution in [1.82, 2.24) is 25.0 Å². The summed E-state index contributed by atoms with van der Waals surface area (Å²) in [6, 6.07) is 9.75. The van der Waals surface area contributed by atoms with Gasteiger partial charge in [-0.2, -0.15) is 5.10 Å². The Morgan fingerprint density at radius 2 is 1.82 bits per heavy atom. The van der Waals surface area contributed by atoms with Gasteiger partial charge in [0.05, 0.1) is 16.7 Å². The zero-order valence-corrected chi connectivity index (χ0v) is 22.4. The van der Waals surface area contributed by atoms with Gasteiger partial charge in [-0.25, -0.2) is 4.79 Å². The van der Waals surface area contributed by atoms with E-state index in [1.165, 1.54) is 0 Å². The second-order valence-corrected chi connectivity index (χ2v) is 11.8. The minimum absolute atomic E-state index is 0.274. The van der Waals surface area contributed by atoms with Crippen LogP contribution in [0.25, 0.3) is 32.3 Å². The molecule has 4 aromatic rings. The highest BCUT2D eigenvalue weighted by atomic mass is 32.1. The maximum atomic E-state index is 13.1. The quantitative estimate of drug-likeness (QED) is 0.368. The second-order valence-electron chi connectivity index (χ2n) is 10.9. The maximum absolute atomic E-state index is 13.1. The number of fused-ring (bicyclic) bond motifs is 2. The highest BCUT2D eigenvalue weighted by molar-refractivity contribution is 7.16. The van der Waals surface area contributed by atoms with E-state index in [-0.39, 0.29) is 6.09 Å². The van der Waals surface area contributed by atoms with Crippen molar-refractivity contribution in [2.45, 2.75) is 45.8 Å². The van der Waals surface area contributed by atoms with Gasteiger partial charge in [0, 0.05) is 42.2 Å². The molecule has 2 aliphatic rings. The molecule has 38 heavy (non-hydrogen) atoms. The molecule has 0 unspecified atom stereocenters. The summed E-state index contributed by atoms with van der Waals surface area (Å²) >= 11 is 1.55. The lowest BCUT2D eigenvalue weighted by Crippen LogP contribution is -2.42. The van der Waals surface area contributed by atoms with E-state index in [0.29, 0.717) is 48.0 Å². The first-order valence-electron chi connectivity index (χ1n) is 12.8. The number of rotatable bonds is 4. The van der Waals surface area contributed by atoms with Crippen molar-refractivity contribution in [3.63, 3.8) is 0 Å². The monoisotopic (exact) mass is 531 g/mol. The topological polar surface area (TPSA) is 109 Å². The van der Waals surface area contributed by atoms with Crippen LogP contribution in [0.1, 0.15) is 44.9 Å². The molecule has 9 nitrogen and oxygen atoms in total. The number of imide groups is 1. The molecule has 2 aliphatic heterocycles. The molecule has 1 fully saturated rings. The number of carbonyl (C=O) groups excluding carboxylic acids is 3. The number of amides is 3. The third-order valence-corrected chi connectivity index (χ3v) is 7.94. The van der Waals surface area contributed by atoms with Crippen molar-refractivity contribution in [1.29, 1.82) is 0 Å². The van der Waals surface area contributed by atoms with Gasteiger partial charge in [0.15, 0.2) is 0 Å². The number of piperidine rings is 1. The Labute approximate surface area is 223 Å². The molecule has 10 heteroatoms. The van der Waals surface area contributed by atoms with Crippen molar-refractivity contribution in [2.75, 3.05) is 13.1 Å². The van der Waals surface area contributed by atoms with Crippen LogP contribution in [0.4, 0.5) is 4.79 Å². The highest BCUT2D eigenvalue weighted by Gasteiger charge is 2.36. The molecule has 0 bridgehead atoms. The first-order chi connectivity index (χ1) is 18.2. The van der Waals surface area contributed by atoms with E-state index in [2.05, 4.69) is 10.3 Å². The summed E-state index contributed by atoms with van der Waals surface area (Å²) in [5.74, 6) is -0.534. The van der Waals surface area contributed by atoms with Crippen LogP contribution in [0.2, 0.25) is 0 Å². The van der Waals surface area contributed by atoms with Crippen LogP contribution in [0, 0.1) is 5.92 Å². The number of nitrogens with zero attached hydrogens (tertiary/aromatic N) is 3. The van der Waals surface area contributed by atoms with E-state index < -0.39 is 17.4 Å². The Kier molecular flexibility index (Phi) is 5.86. The van der Waals surface area contributed by atoms with E-state index >= 15 is 0 Å². The van der Waals surface area contributed by atoms with Crippen molar-refractivity contribution in [2.24, 2.45) is 5.92 Å². The lowest BCUT2D eigenvalue weighted by Gasteiger charge is -2.33. The lowest BCUT2D eigenvalue weighted by atomic mass is 9.97. The smallest absolute Gasteiger partial charge is 0.410 e. The molecule has 1 aromatic carbocycles. The number of hydrogen-bond acceptors (Lipinski definition) is 6. The minimum atomic E-state index is -0.518. The van der Waals surface area contributed by atoms with Crippen LogP contribution in [0.5, 0.6) is 0 Å². The normalized spacial score (nSPS) is 17.2. The van der Waals surface area contributed by atoms with Gasteiger partial charge in [0.1, 0.15) is 16.1 Å². The fraction of sp³-hybridized carbons (Fsp3) is 0.357. The Bertz CT molecular complexity index is 1610. The zero-order chi connectivity index (χ0) is 26.6. The summed E-state index contributed by atoms with van der Waals surface area (Å²) < 4.78 is 7.47. The summed E-state index contributed by atoms with van der Waals surface area (Å²) in [6.07, 6.45) is 3.17. The number of ether oxygens (including phenoxy) is 1. The molecule has 0 aliphatic carbocycles. The van der Waals surface area contributed by atoms with Gasteiger partial charge in [-0.15, -0.1) is 11.3 Å². The summed E-state index contributed by atoms with van der Waals surface area (Å²) in [6.45, 7) is 7.52. The number of hydrogen-bond donors (Lipinski definition) is 2. The summed E-state index contributed by atoms with van der Waals surface area (Å²) in [7, 11) is 0. The molecule has 3 aromatic heterocycles. The zero-order valence-electron chi connectivity index (χ0n) is 21.5. The predicted molar refractivity (Wildman–Crippen MR) is 146 cm³/mol. The van der Waals surface area contributed by atoms with E-state index in [1.54, 1.807) is 22.4 Å². The largest absolute Gasteiger partial charge is 0.444 e. The number of aromatic amines is 1. The highest BCUT2D eigenvalue weighted by Crippen LogP contribution is 2.38. The molecule has 1 saturated heterocycles. The molecule has 0 radical (unpaired) electrons. The fourth-order valence-electron chi connectivity index (χ4n) is 5.31. The Hall–Kier alpha value is -3.92. The average molecular weight is 532 g/mol. The fourth-order valence-corrected chi connectivity index (χ4v) is 6.09. The number of para-hydroxylation sites is 1. The van der Waals surface area contributed by atoms with Crippen molar-refractivity contribution >= 4 is 61.5 Å². The number of aromatic nitrogens is 3. The van der Waals surface area contributed by atoms with Crippen LogP contribution in [0.15, 0.2) is 41.9 Å². The first kappa shape index (κ1) is 24.4. The SMILES string of the molecule is CC(C)(C)OC(=O)N1CCC(Cn2nc(C3=C(c4c[nH]c5sccc45)C(=O)NC3=O)c3ccccc32)CC1. The third kappa shape index (κ3) is 4.28. The Balaban J connectivity index is 1.32. The first-order valence-corrected chi connectivity index (χ1v) is 13.7. The van der Waals surface area contributed by atoms with Gasteiger partial charge in [-0.1, -0.05) is 18.2 Å². The molecule has 6 rings (SSSR count). The van der Waals surface area contributed by atoms with E-state index in [1.807, 2.05) is 61.2 Å². The third-order valence-electron chi connectivity index (χ3n) is 7.10. The number of H-pyrrole nitrogens is 1. The number of nitrogens with one attached hydrogen (secondary N) is 2. The Morgan fingerprint density at radius 1 is 1.08 bits per heavy atom. The predicted octanol–water partition coefficient (Wildman–Crippen LogP) is 4.79. The van der Waals surface area contributed by atoms with Crippen LogP contribution in [0.3, 0.4) is 0 Å². The number of likely N-dealkylation sites (tertiary alicyclic amines) is 1. The van der Waals surface area contributed by atoms with Gasteiger partial charge in [0.2, 0.25) is 0 Å². The van der Waals surface area contributed by atoms with Crippen LogP contribution >= 0.6 is 11.3 Å². The summed E-state index contributed by atoms with van der Waals surface area (Å²) in [5.41, 5.74) is 2.25. The summed E-state index contributed by atoms with van der Waals surface area (Å²) in [4.78, 5) is 44.5. The minimum Gasteiger partial charge on any atom is -0.444 e. The van der Waals surface area contributed by atoms with Crippen LogP contribution < -0.4 is 5.32 Å². The molecule has 0 atom stereocenters. The molecule has 196 valence electrons. The van der Waals surface area contributed by atoms with Gasteiger partial charge in [-0.05, 0) is 57.0 Å². The number of benzene rings is 1. The second kappa shape index (κ2) is 9.13. The van der Waals surface area contributed by atoms with Gasteiger partial charge >= 0.3 is 6.09 Å². The van der Waals surface area contributed by atoms with Crippen molar-refractivity contribution in [3.8, 4) is 0 Å². The maximum Gasteiger partial charge on any atom is 0.410 e. The molecular formula is C28H29N5O4S. The van der Waals surface area contributed by atoms with Crippen LogP contribution in [-0.2, 0) is 20.9 Å². The van der Waals surface area contributed by atoms with Gasteiger partial charge in [0.25, 0.3) is 11.8 Å². The lowest BCUT2D eigenvalue weighted by molar-refractivity contribution is -0.122. The van der Waals surface area contributed by atoms with Crippen LogP contribution in [-0.4, -0.2) is 56.3 Å².